The zero-order valence-corrected chi connectivity index (χ0v) is 15.6. The third-order valence-electron chi connectivity index (χ3n) is 3.64. The van der Waals surface area contributed by atoms with Gasteiger partial charge in [0.2, 0.25) is 0 Å². The minimum Gasteiger partial charge on any atom is -0.452 e. The van der Waals surface area contributed by atoms with E-state index in [-0.39, 0.29) is 30.0 Å². The van der Waals surface area contributed by atoms with Crippen LogP contribution >= 0.6 is 11.3 Å². The van der Waals surface area contributed by atoms with E-state index in [1.807, 2.05) is 13.8 Å². The number of carbonyl (C=O) groups excluding carboxylic acids is 3. The zero-order valence-electron chi connectivity index (χ0n) is 14.8. The predicted octanol–water partition coefficient (Wildman–Crippen LogP) is 3.46. The summed E-state index contributed by atoms with van der Waals surface area (Å²) in [5.41, 5.74) is 1.06. The van der Waals surface area contributed by atoms with Gasteiger partial charge in [-0.05, 0) is 36.9 Å². The van der Waals surface area contributed by atoms with Crippen molar-refractivity contribution < 1.29 is 19.1 Å². The van der Waals surface area contributed by atoms with Gasteiger partial charge in [-0.25, -0.2) is 4.79 Å². The summed E-state index contributed by atoms with van der Waals surface area (Å²) in [5, 5.41) is 8.98. The Bertz CT molecular complexity index is 759. The zero-order chi connectivity index (χ0) is 18.9. The quantitative estimate of drug-likeness (QED) is 0.693. The lowest BCUT2D eigenvalue weighted by Crippen LogP contribution is -2.35. The maximum absolute atomic E-state index is 12.3. The second-order valence-electron chi connectivity index (χ2n) is 5.85. The molecular formula is C19H22N2O4S. The Labute approximate surface area is 156 Å². The molecule has 6 nitrogen and oxygen atoms in total. The van der Waals surface area contributed by atoms with E-state index in [2.05, 4.69) is 10.6 Å². The molecule has 26 heavy (non-hydrogen) atoms. The maximum Gasteiger partial charge on any atom is 0.340 e. The Hall–Kier alpha value is -2.67. The molecule has 1 heterocycles. The molecule has 1 atom stereocenters. The van der Waals surface area contributed by atoms with Crippen LogP contribution in [-0.4, -0.2) is 30.4 Å². The predicted molar refractivity (Wildman–Crippen MR) is 102 cm³/mol. The normalized spacial score (nSPS) is 11.5. The van der Waals surface area contributed by atoms with Crippen LogP contribution in [0.25, 0.3) is 0 Å². The highest BCUT2D eigenvalue weighted by Gasteiger charge is 2.17. The Morgan fingerprint density at radius 2 is 1.96 bits per heavy atom. The number of para-hydroxylation sites is 1. The van der Waals surface area contributed by atoms with Crippen molar-refractivity contribution in [3.8, 4) is 0 Å². The number of thiophene rings is 1. The summed E-state index contributed by atoms with van der Waals surface area (Å²) in [6.07, 6.45) is 1.82. The number of benzene rings is 1. The van der Waals surface area contributed by atoms with Crippen molar-refractivity contribution in [3.63, 3.8) is 0 Å². The van der Waals surface area contributed by atoms with Gasteiger partial charge in [0.25, 0.3) is 11.8 Å². The van der Waals surface area contributed by atoms with E-state index in [9.17, 15) is 14.4 Å². The largest absolute Gasteiger partial charge is 0.452 e. The molecule has 2 amide bonds. The number of nitrogens with one attached hydrogen (secondary N) is 2. The molecule has 7 heteroatoms. The van der Waals surface area contributed by atoms with Gasteiger partial charge in [0.1, 0.15) is 0 Å². The lowest BCUT2D eigenvalue weighted by Gasteiger charge is -2.13. The van der Waals surface area contributed by atoms with Crippen LogP contribution in [0.5, 0.6) is 0 Å². The van der Waals surface area contributed by atoms with Crippen molar-refractivity contribution in [1.29, 1.82) is 0 Å². The van der Waals surface area contributed by atoms with E-state index < -0.39 is 5.97 Å². The van der Waals surface area contributed by atoms with Gasteiger partial charge in [-0.3, -0.25) is 9.59 Å². The van der Waals surface area contributed by atoms with Gasteiger partial charge in [-0.15, -0.1) is 0 Å². The van der Waals surface area contributed by atoms with E-state index in [0.717, 1.165) is 12.8 Å². The highest BCUT2D eigenvalue weighted by Crippen LogP contribution is 2.18. The number of esters is 1. The third-order valence-corrected chi connectivity index (χ3v) is 4.33. The highest BCUT2D eigenvalue weighted by molar-refractivity contribution is 7.08. The van der Waals surface area contributed by atoms with Crippen LogP contribution in [0.15, 0.2) is 41.1 Å². The summed E-state index contributed by atoms with van der Waals surface area (Å²) in [7, 11) is 0. The lowest BCUT2D eigenvalue weighted by atomic mass is 10.1. The SMILES string of the molecule is CCCC(C)NC(=O)COC(=O)c1ccccc1NC(=O)c1ccsc1. The van der Waals surface area contributed by atoms with Crippen molar-refractivity contribution in [1.82, 2.24) is 5.32 Å². The number of rotatable bonds is 8. The first kappa shape index (κ1) is 19.7. The van der Waals surface area contributed by atoms with Crippen LogP contribution in [0, 0.1) is 0 Å². The minimum atomic E-state index is -0.662. The molecule has 1 unspecified atom stereocenters. The number of hydrogen-bond acceptors (Lipinski definition) is 5. The third kappa shape index (κ3) is 5.70. The minimum absolute atomic E-state index is 0.0309. The number of anilines is 1. The van der Waals surface area contributed by atoms with Crippen LogP contribution < -0.4 is 10.6 Å². The topological polar surface area (TPSA) is 84.5 Å². The number of carbonyl (C=O) groups is 3. The average molecular weight is 374 g/mol. The van der Waals surface area contributed by atoms with Crippen LogP contribution in [0.4, 0.5) is 5.69 Å². The van der Waals surface area contributed by atoms with Gasteiger partial charge in [-0.2, -0.15) is 11.3 Å². The molecule has 2 aromatic rings. The second-order valence-corrected chi connectivity index (χ2v) is 6.63. The van der Waals surface area contributed by atoms with Gasteiger partial charge < -0.3 is 15.4 Å². The van der Waals surface area contributed by atoms with Crippen molar-refractivity contribution >= 4 is 34.8 Å². The molecule has 1 aromatic heterocycles. The fourth-order valence-electron chi connectivity index (χ4n) is 2.39. The van der Waals surface area contributed by atoms with Crippen LogP contribution in [-0.2, 0) is 9.53 Å². The summed E-state index contributed by atoms with van der Waals surface area (Å²) in [6.45, 7) is 3.57. The molecule has 0 aliphatic rings. The molecule has 0 saturated heterocycles. The molecule has 2 N–H and O–H groups in total. The molecular weight excluding hydrogens is 352 g/mol. The van der Waals surface area contributed by atoms with E-state index >= 15 is 0 Å². The standard InChI is InChI=1S/C19H22N2O4S/c1-3-6-13(2)20-17(22)11-25-19(24)15-7-4-5-8-16(15)21-18(23)14-9-10-26-12-14/h4-5,7-10,12-13H,3,6,11H2,1-2H3,(H,20,22)(H,21,23). The lowest BCUT2D eigenvalue weighted by molar-refractivity contribution is -0.124. The number of amides is 2. The van der Waals surface area contributed by atoms with Crippen LogP contribution in [0.2, 0.25) is 0 Å². The van der Waals surface area contributed by atoms with Gasteiger partial charge in [0.05, 0.1) is 16.8 Å². The van der Waals surface area contributed by atoms with Crippen LogP contribution in [0.1, 0.15) is 47.4 Å². The van der Waals surface area contributed by atoms with Gasteiger partial charge >= 0.3 is 5.97 Å². The molecule has 1 aromatic carbocycles. The summed E-state index contributed by atoms with van der Waals surface area (Å²) >= 11 is 1.41. The molecule has 0 aliphatic carbocycles. The number of hydrogen-bond donors (Lipinski definition) is 2. The molecule has 0 radical (unpaired) electrons. The van der Waals surface area contributed by atoms with Gasteiger partial charge in [-0.1, -0.05) is 25.5 Å². The molecule has 2 rings (SSSR count). The van der Waals surface area contributed by atoms with Gasteiger partial charge in [0, 0.05) is 11.4 Å². The smallest absolute Gasteiger partial charge is 0.340 e. The van der Waals surface area contributed by atoms with E-state index in [0.29, 0.717) is 11.3 Å². The summed E-state index contributed by atoms with van der Waals surface area (Å²) in [6, 6.07) is 8.26. The summed E-state index contributed by atoms with van der Waals surface area (Å²) < 4.78 is 5.08. The monoisotopic (exact) mass is 374 g/mol. The first-order valence-corrected chi connectivity index (χ1v) is 9.34. The Morgan fingerprint density at radius 1 is 1.19 bits per heavy atom. The fraction of sp³-hybridized carbons (Fsp3) is 0.316. The van der Waals surface area contributed by atoms with Crippen molar-refractivity contribution in [2.45, 2.75) is 32.7 Å². The number of ether oxygens (including phenoxy) is 1. The molecule has 0 bridgehead atoms. The van der Waals surface area contributed by atoms with Crippen molar-refractivity contribution in [2.75, 3.05) is 11.9 Å². The maximum atomic E-state index is 12.3. The van der Waals surface area contributed by atoms with Crippen molar-refractivity contribution in [3.05, 3.63) is 52.2 Å². The van der Waals surface area contributed by atoms with E-state index in [4.69, 9.17) is 4.74 Å². The summed E-state index contributed by atoms with van der Waals surface area (Å²) in [5.74, 6) is -1.32. The Balaban J connectivity index is 1.96. The molecule has 0 aliphatic heterocycles. The Morgan fingerprint density at radius 3 is 2.65 bits per heavy atom. The van der Waals surface area contributed by atoms with E-state index in [1.165, 1.54) is 11.3 Å². The molecule has 0 spiro atoms. The van der Waals surface area contributed by atoms with E-state index in [1.54, 1.807) is 41.1 Å². The first-order valence-electron chi connectivity index (χ1n) is 8.40. The Kier molecular flexibility index (Phi) is 7.35. The van der Waals surface area contributed by atoms with Gasteiger partial charge in [0.15, 0.2) is 6.61 Å². The molecule has 0 saturated carbocycles. The average Bonchev–Trinajstić information content (AvgIpc) is 3.15. The second kappa shape index (κ2) is 9.72. The van der Waals surface area contributed by atoms with Crippen LogP contribution in [0.3, 0.4) is 0 Å². The highest BCUT2D eigenvalue weighted by atomic mass is 32.1. The first-order chi connectivity index (χ1) is 12.5. The van der Waals surface area contributed by atoms with Crippen molar-refractivity contribution in [2.24, 2.45) is 0 Å². The molecule has 138 valence electrons. The summed E-state index contributed by atoms with van der Waals surface area (Å²) in [4.78, 5) is 36.3. The molecule has 0 fully saturated rings. The fourth-order valence-corrected chi connectivity index (χ4v) is 3.02.